The molecule has 31 heavy (non-hydrogen) atoms. The fourth-order valence-corrected chi connectivity index (χ4v) is 4.44. The van der Waals surface area contributed by atoms with Crippen molar-refractivity contribution >= 4 is 38.6 Å². The van der Waals surface area contributed by atoms with Crippen LogP contribution in [0.25, 0.3) is 11.0 Å². The van der Waals surface area contributed by atoms with Gasteiger partial charge in [-0.3, -0.25) is 0 Å². The number of fused-ring (bicyclic) bond motifs is 1. The molecule has 0 radical (unpaired) electrons. The Morgan fingerprint density at radius 2 is 1.87 bits per heavy atom. The fraction of sp³-hybridized carbons (Fsp3) is 0.273. The van der Waals surface area contributed by atoms with E-state index in [0.29, 0.717) is 11.8 Å². The van der Waals surface area contributed by atoms with Crippen molar-refractivity contribution in [3.63, 3.8) is 0 Å². The van der Waals surface area contributed by atoms with E-state index in [4.69, 9.17) is 20.8 Å². The van der Waals surface area contributed by atoms with Crippen molar-refractivity contribution < 1.29 is 22.4 Å². The van der Waals surface area contributed by atoms with Crippen molar-refractivity contribution in [1.29, 1.82) is 0 Å². The number of carbonyl (C=O) groups is 1. The predicted molar refractivity (Wildman–Crippen MR) is 118 cm³/mol. The first-order valence-electron chi connectivity index (χ1n) is 9.67. The maximum absolute atomic E-state index is 12.5. The minimum atomic E-state index is -3.92. The number of sulfonamides is 1. The van der Waals surface area contributed by atoms with Crippen LogP contribution in [0.1, 0.15) is 31.4 Å². The molecule has 7 nitrogen and oxygen atoms in total. The van der Waals surface area contributed by atoms with Crippen LogP contribution < -0.4 is 15.1 Å². The summed E-state index contributed by atoms with van der Waals surface area (Å²) < 4.78 is 37.8. The molecule has 0 saturated heterocycles. The summed E-state index contributed by atoms with van der Waals surface area (Å²) in [4.78, 5) is 24.4. The molecule has 0 bridgehead atoms. The monoisotopic (exact) mass is 463 g/mol. The van der Waals surface area contributed by atoms with Gasteiger partial charge < -0.3 is 9.15 Å². The molecule has 3 rings (SSSR count). The maximum atomic E-state index is 12.5. The van der Waals surface area contributed by atoms with E-state index in [1.54, 1.807) is 18.2 Å². The lowest BCUT2D eigenvalue weighted by Crippen LogP contribution is -2.40. The second kappa shape index (κ2) is 9.21. The van der Waals surface area contributed by atoms with E-state index in [0.717, 1.165) is 17.5 Å². The molecule has 0 spiro atoms. The molecule has 3 aromatic rings. The Balaban J connectivity index is 1.83. The third kappa shape index (κ3) is 5.33. The number of rotatable bonds is 7. The lowest BCUT2D eigenvalue weighted by molar-refractivity contribution is -0.135. The second-order valence-corrected chi connectivity index (χ2v) is 9.32. The molecule has 1 heterocycles. The van der Waals surface area contributed by atoms with Gasteiger partial charge in [0.2, 0.25) is 10.0 Å². The van der Waals surface area contributed by atoms with Crippen molar-refractivity contribution in [2.75, 3.05) is 0 Å². The Morgan fingerprint density at radius 3 is 2.52 bits per heavy atom. The zero-order valence-electron chi connectivity index (χ0n) is 17.3. The smallest absolute Gasteiger partial charge is 0.336 e. The van der Waals surface area contributed by atoms with Crippen molar-refractivity contribution in [2.45, 2.75) is 44.6 Å². The van der Waals surface area contributed by atoms with Crippen LogP contribution in [-0.2, 0) is 21.2 Å². The van der Waals surface area contributed by atoms with Crippen LogP contribution in [0.5, 0.6) is 5.75 Å². The van der Waals surface area contributed by atoms with E-state index in [9.17, 15) is 18.0 Å². The number of nitrogens with one attached hydrogen (secondary N) is 1. The van der Waals surface area contributed by atoms with Crippen LogP contribution in [0, 0.1) is 6.92 Å². The number of aryl methyl sites for hydroxylation is 2. The summed E-state index contributed by atoms with van der Waals surface area (Å²) in [5.74, 6) is -0.888. The lowest BCUT2D eigenvalue weighted by Gasteiger charge is -2.15. The second-order valence-electron chi connectivity index (χ2n) is 7.20. The van der Waals surface area contributed by atoms with Crippen LogP contribution >= 0.6 is 11.6 Å². The summed E-state index contributed by atoms with van der Waals surface area (Å²) >= 11 is 6.27. The highest BCUT2D eigenvalue weighted by Gasteiger charge is 2.24. The van der Waals surface area contributed by atoms with Crippen LogP contribution in [0.4, 0.5) is 0 Å². The highest BCUT2D eigenvalue weighted by atomic mass is 35.5. The molecule has 2 aromatic carbocycles. The molecule has 1 atom stereocenters. The van der Waals surface area contributed by atoms with Gasteiger partial charge in [0.05, 0.1) is 9.92 Å². The molecule has 9 heteroatoms. The zero-order valence-corrected chi connectivity index (χ0v) is 18.8. The standard InChI is InChI=1S/C22H22ClNO6S/c1-4-5-15-10-21(25)29-19-12-20(18(23)11-17(15)19)30-22(26)14(3)24-31(27,28)16-8-6-13(2)7-9-16/h6-12,14,24H,4-5H2,1-3H3/t14-/m1/s1. The quantitative estimate of drug-likeness (QED) is 0.323. The van der Waals surface area contributed by atoms with Gasteiger partial charge in [0.25, 0.3) is 0 Å². The first kappa shape index (κ1) is 23.0. The summed E-state index contributed by atoms with van der Waals surface area (Å²) in [7, 11) is -3.92. The first-order chi connectivity index (χ1) is 14.6. The highest BCUT2D eigenvalue weighted by molar-refractivity contribution is 7.89. The predicted octanol–water partition coefficient (Wildman–Crippen LogP) is 3.98. The minimum Gasteiger partial charge on any atom is -0.424 e. The van der Waals surface area contributed by atoms with Gasteiger partial charge in [0, 0.05) is 17.5 Å². The SMILES string of the molecule is CCCc1cc(=O)oc2cc(OC(=O)[C@@H](C)NS(=O)(=O)c3ccc(C)cc3)c(Cl)cc12. The van der Waals surface area contributed by atoms with E-state index >= 15 is 0 Å². The topological polar surface area (TPSA) is 103 Å². The van der Waals surface area contributed by atoms with Crippen molar-refractivity contribution in [2.24, 2.45) is 0 Å². The molecule has 0 aliphatic heterocycles. The molecule has 1 N–H and O–H groups in total. The average Bonchev–Trinajstić information content (AvgIpc) is 2.69. The Labute approximate surface area is 185 Å². The summed E-state index contributed by atoms with van der Waals surface area (Å²) in [6.07, 6.45) is 1.49. The first-order valence-corrected chi connectivity index (χ1v) is 11.5. The van der Waals surface area contributed by atoms with Crippen LogP contribution in [0.2, 0.25) is 5.02 Å². The zero-order chi connectivity index (χ0) is 22.8. The maximum Gasteiger partial charge on any atom is 0.336 e. The summed E-state index contributed by atoms with van der Waals surface area (Å²) in [6, 6.07) is 9.37. The van der Waals surface area contributed by atoms with Crippen molar-refractivity contribution in [3.8, 4) is 5.75 Å². The number of benzene rings is 2. The number of esters is 1. The third-order valence-electron chi connectivity index (χ3n) is 4.63. The van der Waals surface area contributed by atoms with Gasteiger partial charge in [-0.2, -0.15) is 4.72 Å². The molecular weight excluding hydrogens is 442 g/mol. The Bertz CT molecular complexity index is 1280. The Morgan fingerprint density at radius 1 is 1.19 bits per heavy atom. The van der Waals surface area contributed by atoms with Crippen molar-refractivity contribution in [1.82, 2.24) is 4.72 Å². The van der Waals surface area contributed by atoms with E-state index in [-0.39, 0.29) is 21.3 Å². The molecule has 0 fully saturated rings. The van der Waals surface area contributed by atoms with Crippen LogP contribution in [0.15, 0.2) is 56.6 Å². The van der Waals surface area contributed by atoms with E-state index < -0.39 is 27.7 Å². The van der Waals surface area contributed by atoms with E-state index in [1.807, 2.05) is 13.8 Å². The Hall–Kier alpha value is -2.68. The molecule has 0 saturated carbocycles. The van der Waals surface area contributed by atoms with Crippen LogP contribution in [0.3, 0.4) is 0 Å². The number of hydrogen-bond donors (Lipinski definition) is 1. The van der Waals surface area contributed by atoms with Crippen LogP contribution in [-0.4, -0.2) is 20.4 Å². The van der Waals surface area contributed by atoms with Gasteiger partial charge in [-0.25, -0.2) is 18.0 Å². The summed E-state index contributed by atoms with van der Waals surface area (Å²) in [5, 5.41) is 0.792. The molecule has 0 amide bonds. The summed E-state index contributed by atoms with van der Waals surface area (Å²) in [6.45, 7) is 5.18. The molecular formula is C22H22ClNO6S. The van der Waals surface area contributed by atoms with Gasteiger partial charge in [0.15, 0.2) is 5.75 Å². The van der Waals surface area contributed by atoms with Gasteiger partial charge in [-0.05, 0) is 44.0 Å². The summed E-state index contributed by atoms with van der Waals surface area (Å²) in [5.41, 5.74) is 1.41. The molecule has 164 valence electrons. The Kier molecular flexibility index (Phi) is 6.83. The number of halogens is 1. The largest absolute Gasteiger partial charge is 0.424 e. The van der Waals surface area contributed by atoms with E-state index in [2.05, 4.69) is 4.72 Å². The van der Waals surface area contributed by atoms with Crippen molar-refractivity contribution in [3.05, 3.63) is 69.0 Å². The molecule has 0 aliphatic rings. The van der Waals surface area contributed by atoms with Gasteiger partial charge in [-0.1, -0.05) is 42.6 Å². The third-order valence-corrected chi connectivity index (χ3v) is 6.48. The fourth-order valence-electron chi connectivity index (χ4n) is 3.05. The lowest BCUT2D eigenvalue weighted by atomic mass is 10.1. The molecule has 0 aliphatic carbocycles. The number of ether oxygens (including phenoxy) is 1. The highest BCUT2D eigenvalue weighted by Crippen LogP contribution is 2.32. The number of carbonyl (C=O) groups excluding carboxylic acids is 1. The minimum absolute atomic E-state index is 0.0302. The van der Waals surface area contributed by atoms with Gasteiger partial charge in [-0.15, -0.1) is 0 Å². The average molecular weight is 464 g/mol. The normalized spacial score (nSPS) is 12.6. The van der Waals surface area contributed by atoms with Gasteiger partial charge >= 0.3 is 11.6 Å². The van der Waals surface area contributed by atoms with E-state index in [1.165, 1.54) is 31.2 Å². The number of hydrogen-bond acceptors (Lipinski definition) is 6. The molecule has 1 aromatic heterocycles. The molecule has 0 unspecified atom stereocenters. The van der Waals surface area contributed by atoms with Gasteiger partial charge in [0.1, 0.15) is 11.6 Å².